The summed E-state index contributed by atoms with van der Waals surface area (Å²) in [5.74, 6) is 0.345. The summed E-state index contributed by atoms with van der Waals surface area (Å²) in [6.07, 6.45) is 3.10. The molecule has 1 aromatic rings. The Balaban J connectivity index is 1.90. The third-order valence-corrected chi connectivity index (χ3v) is 4.31. The first-order chi connectivity index (χ1) is 10.0. The van der Waals surface area contributed by atoms with Crippen LogP contribution in [0.15, 0.2) is 10.9 Å². The molecule has 0 spiro atoms. The van der Waals surface area contributed by atoms with Crippen molar-refractivity contribution in [1.29, 1.82) is 0 Å². The number of nitrogens with zero attached hydrogens (tertiary/aromatic N) is 1. The Morgan fingerprint density at radius 2 is 2.24 bits per heavy atom. The van der Waals surface area contributed by atoms with Gasteiger partial charge in [-0.1, -0.05) is 0 Å². The normalized spacial score (nSPS) is 18.0. The lowest BCUT2D eigenvalue weighted by Crippen LogP contribution is -2.34. The molecule has 0 saturated carbocycles. The number of pyridine rings is 1. The fraction of sp³-hybridized carbons (Fsp3) is 0.625. The highest BCUT2D eigenvalue weighted by Crippen LogP contribution is 2.17. The molecule has 21 heavy (non-hydrogen) atoms. The maximum Gasteiger partial charge on any atom is 0.263 e. The second-order valence-corrected chi connectivity index (χ2v) is 5.82. The lowest BCUT2D eigenvalue weighted by molar-refractivity contribution is 0.0950. The van der Waals surface area contributed by atoms with Gasteiger partial charge >= 0.3 is 0 Å². The van der Waals surface area contributed by atoms with E-state index in [1.807, 2.05) is 13.8 Å². The van der Waals surface area contributed by atoms with E-state index in [9.17, 15) is 9.59 Å². The first-order valence-electron chi connectivity index (χ1n) is 7.54. The van der Waals surface area contributed by atoms with E-state index in [1.165, 1.54) is 4.57 Å². The molecule has 5 heteroatoms. The number of amides is 1. The van der Waals surface area contributed by atoms with Crippen molar-refractivity contribution in [3.8, 4) is 0 Å². The molecule has 1 saturated heterocycles. The Bertz CT molecular complexity index is 572. The van der Waals surface area contributed by atoms with Crippen LogP contribution < -0.4 is 10.9 Å². The average Bonchev–Trinajstić information content (AvgIpc) is 2.98. The maximum absolute atomic E-state index is 12.1. The van der Waals surface area contributed by atoms with Crippen LogP contribution in [0.1, 0.15) is 40.9 Å². The predicted octanol–water partition coefficient (Wildman–Crippen LogP) is 1.55. The zero-order valence-electron chi connectivity index (χ0n) is 13.1. The molecule has 1 N–H and O–H groups in total. The summed E-state index contributed by atoms with van der Waals surface area (Å²) in [6, 6.07) is 1.68. The van der Waals surface area contributed by atoms with Crippen LogP contribution in [0.25, 0.3) is 0 Å². The van der Waals surface area contributed by atoms with Crippen molar-refractivity contribution in [2.75, 3.05) is 19.8 Å². The maximum atomic E-state index is 12.1. The Morgan fingerprint density at radius 1 is 1.48 bits per heavy atom. The molecule has 1 aromatic heterocycles. The quantitative estimate of drug-likeness (QED) is 0.838. The van der Waals surface area contributed by atoms with E-state index in [-0.39, 0.29) is 17.0 Å². The molecule has 1 atom stereocenters. The number of aryl methyl sites for hydroxylation is 1. The number of rotatable bonds is 5. The molecule has 0 bridgehead atoms. The van der Waals surface area contributed by atoms with Gasteiger partial charge in [0.05, 0.1) is 0 Å². The lowest BCUT2D eigenvalue weighted by Gasteiger charge is -2.11. The number of carbonyl (C=O) groups excluding carboxylic acids is 1. The second kappa shape index (κ2) is 6.89. The molecule has 1 unspecified atom stereocenters. The van der Waals surface area contributed by atoms with E-state index in [2.05, 4.69) is 5.32 Å². The molecule has 1 fully saturated rings. The number of ether oxygens (including phenoxy) is 1. The topological polar surface area (TPSA) is 60.3 Å². The fourth-order valence-electron chi connectivity index (χ4n) is 2.64. The molecule has 0 radical (unpaired) electrons. The second-order valence-electron chi connectivity index (χ2n) is 5.82. The SMILES string of the molecule is Cc1cc(C(=O)NCCCC2CCOC2)c(=O)n(C)c1C. The summed E-state index contributed by atoms with van der Waals surface area (Å²) in [7, 11) is 1.70. The van der Waals surface area contributed by atoms with Crippen LogP contribution in [0.4, 0.5) is 0 Å². The van der Waals surface area contributed by atoms with Gasteiger partial charge in [-0.3, -0.25) is 9.59 Å². The van der Waals surface area contributed by atoms with Crippen molar-refractivity contribution in [3.63, 3.8) is 0 Å². The molecule has 116 valence electrons. The zero-order chi connectivity index (χ0) is 15.4. The van der Waals surface area contributed by atoms with E-state index in [1.54, 1.807) is 13.1 Å². The van der Waals surface area contributed by atoms with Gasteiger partial charge in [-0.2, -0.15) is 0 Å². The summed E-state index contributed by atoms with van der Waals surface area (Å²) in [5, 5.41) is 2.84. The van der Waals surface area contributed by atoms with Gasteiger partial charge in [-0.05, 0) is 50.7 Å². The third-order valence-electron chi connectivity index (χ3n) is 4.31. The highest BCUT2D eigenvalue weighted by atomic mass is 16.5. The Morgan fingerprint density at radius 3 is 2.90 bits per heavy atom. The number of nitrogens with one attached hydrogen (secondary N) is 1. The van der Waals surface area contributed by atoms with Crippen LogP contribution in [0.3, 0.4) is 0 Å². The van der Waals surface area contributed by atoms with E-state index >= 15 is 0 Å². The van der Waals surface area contributed by atoms with Crippen LogP contribution in [-0.4, -0.2) is 30.2 Å². The Hall–Kier alpha value is -1.62. The van der Waals surface area contributed by atoms with Crippen molar-refractivity contribution >= 4 is 5.91 Å². The molecule has 2 rings (SSSR count). The van der Waals surface area contributed by atoms with Crippen molar-refractivity contribution in [3.05, 3.63) is 33.2 Å². The van der Waals surface area contributed by atoms with Crippen LogP contribution in [-0.2, 0) is 11.8 Å². The molecule has 2 heterocycles. The number of hydrogen-bond donors (Lipinski definition) is 1. The lowest BCUT2D eigenvalue weighted by atomic mass is 10.0. The monoisotopic (exact) mass is 292 g/mol. The van der Waals surface area contributed by atoms with E-state index in [0.29, 0.717) is 12.5 Å². The van der Waals surface area contributed by atoms with Gasteiger partial charge in [0.1, 0.15) is 5.56 Å². The fourth-order valence-corrected chi connectivity index (χ4v) is 2.64. The highest BCUT2D eigenvalue weighted by Gasteiger charge is 2.16. The molecule has 1 aliphatic rings. The van der Waals surface area contributed by atoms with E-state index in [0.717, 1.165) is 43.7 Å². The molecule has 5 nitrogen and oxygen atoms in total. The summed E-state index contributed by atoms with van der Waals surface area (Å²) >= 11 is 0. The van der Waals surface area contributed by atoms with Crippen molar-refractivity contribution in [1.82, 2.24) is 9.88 Å². The largest absolute Gasteiger partial charge is 0.381 e. The molecular weight excluding hydrogens is 268 g/mol. The average molecular weight is 292 g/mol. The summed E-state index contributed by atoms with van der Waals surface area (Å²) in [6.45, 7) is 6.08. The molecule has 0 aromatic carbocycles. The van der Waals surface area contributed by atoms with Gasteiger partial charge in [0.2, 0.25) is 0 Å². The zero-order valence-corrected chi connectivity index (χ0v) is 13.1. The molecule has 1 amide bonds. The number of aromatic nitrogens is 1. The Labute approximate surface area is 125 Å². The van der Waals surface area contributed by atoms with Crippen molar-refractivity contribution < 1.29 is 9.53 Å². The minimum Gasteiger partial charge on any atom is -0.381 e. The van der Waals surface area contributed by atoms with Crippen LogP contribution >= 0.6 is 0 Å². The van der Waals surface area contributed by atoms with Crippen molar-refractivity contribution in [2.45, 2.75) is 33.1 Å². The summed E-state index contributed by atoms with van der Waals surface area (Å²) in [5.41, 5.74) is 1.83. The van der Waals surface area contributed by atoms with Gasteiger partial charge in [0.15, 0.2) is 0 Å². The van der Waals surface area contributed by atoms with Gasteiger partial charge in [-0.15, -0.1) is 0 Å². The first-order valence-corrected chi connectivity index (χ1v) is 7.54. The molecule has 1 aliphatic heterocycles. The highest BCUT2D eigenvalue weighted by molar-refractivity contribution is 5.94. The van der Waals surface area contributed by atoms with Crippen LogP contribution in [0.5, 0.6) is 0 Å². The van der Waals surface area contributed by atoms with Crippen LogP contribution in [0.2, 0.25) is 0 Å². The minimum atomic E-state index is -0.277. The van der Waals surface area contributed by atoms with E-state index in [4.69, 9.17) is 4.74 Å². The minimum absolute atomic E-state index is 0.227. The van der Waals surface area contributed by atoms with Crippen LogP contribution in [0, 0.1) is 19.8 Å². The summed E-state index contributed by atoms with van der Waals surface area (Å²) < 4.78 is 6.85. The third kappa shape index (κ3) is 3.73. The van der Waals surface area contributed by atoms with E-state index < -0.39 is 0 Å². The smallest absolute Gasteiger partial charge is 0.263 e. The number of carbonyl (C=O) groups is 1. The van der Waals surface area contributed by atoms with Gasteiger partial charge in [0, 0.05) is 32.5 Å². The molecular formula is C16H24N2O3. The van der Waals surface area contributed by atoms with Gasteiger partial charge < -0.3 is 14.6 Å². The Kier molecular flexibility index (Phi) is 5.17. The predicted molar refractivity (Wildman–Crippen MR) is 81.7 cm³/mol. The van der Waals surface area contributed by atoms with Gasteiger partial charge in [0.25, 0.3) is 11.5 Å². The first kappa shape index (κ1) is 15.8. The summed E-state index contributed by atoms with van der Waals surface area (Å²) in [4.78, 5) is 24.2. The van der Waals surface area contributed by atoms with Gasteiger partial charge in [-0.25, -0.2) is 0 Å². The molecule has 0 aliphatic carbocycles. The number of hydrogen-bond acceptors (Lipinski definition) is 3. The standard InChI is InChI=1S/C16H24N2O3/c1-11-9-14(16(20)18(3)12(11)2)15(19)17-7-4-5-13-6-8-21-10-13/h9,13H,4-8,10H2,1-3H3,(H,17,19). The van der Waals surface area contributed by atoms with Crippen molar-refractivity contribution in [2.24, 2.45) is 13.0 Å².